The summed E-state index contributed by atoms with van der Waals surface area (Å²) in [6.07, 6.45) is 1.83. The van der Waals surface area contributed by atoms with Crippen LogP contribution in [-0.4, -0.2) is 6.26 Å². The van der Waals surface area contributed by atoms with Crippen LogP contribution in [-0.2, 0) is 33.1 Å². The highest BCUT2D eigenvalue weighted by molar-refractivity contribution is 8.89. The van der Waals surface area contributed by atoms with Crippen molar-refractivity contribution in [1.29, 1.82) is 0 Å². The smallest absolute Gasteiger partial charge is 0.0827 e. The van der Waals surface area contributed by atoms with Gasteiger partial charge in [0.1, 0.15) is 0 Å². The molecule has 0 rings (SSSR count). The zero-order valence-corrected chi connectivity index (χ0v) is 7.65. The third-order valence-corrected chi connectivity index (χ3v) is 3.08. The molecule has 44 valence electrons. The Morgan fingerprint density at radius 1 is 1.57 bits per heavy atom. The van der Waals surface area contributed by atoms with Gasteiger partial charge in [-0.1, -0.05) is 0 Å². The molecule has 0 radical (unpaired) electrons. The average molecular weight is 192 g/mol. The van der Waals surface area contributed by atoms with E-state index in [2.05, 4.69) is 22.4 Å². The van der Waals surface area contributed by atoms with E-state index >= 15 is 0 Å². The maximum absolute atomic E-state index is 4.75. The topological polar surface area (TPSA) is 9.23 Å². The summed E-state index contributed by atoms with van der Waals surface area (Å²) in [5.74, 6) is 0. The Hall–Kier alpha value is 1.45. The minimum absolute atomic E-state index is 0.766. The second-order valence-corrected chi connectivity index (χ2v) is 7.82. The van der Waals surface area contributed by atoms with Gasteiger partial charge in [0.15, 0.2) is 0 Å². The van der Waals surface area contributed by atoms with Crippen LogP contribution in [0.4, 0.5) is 0 Å². The highest BCUT2D eigenvalue weighted by atomic mass is 33.5. The van der Waals surface area contributed by atoms with E-state index in [1.54, 1.807) is 0 Å². The summed E-state index contributed by atoms with van der Waals surface area (Å²) in [6, 6.07) is 0. The Balaban J connectivity index is 2.98. The normalized spacial score (nSPS) is 10.0. The van der Waals surface area contributed by atoms with E-state index in [-0.39, 0.29) is 0 Å². The fourth-order valence-electron chi connectivity index (χ4n) is 0.0553. The molecule has 0 aliphatic rings. The molecule has 0 saturated heterocycles. The van der Waals surface area contributed by atoms with Crippen LogP contribution in [0.2, 0.25) is 0 Å². The molecule has 0 aromatic heterocycles. The van der Waals surface area contributed by atoms with Gasteiger partial charge in [-0.15, -0.1) is 0 Å². The van der Waals surface area contributed by atoms with E-state index in [9.17, 15) is 0 Å². The molecule has 0 atom stereocenters. The van der Waals surface area contributed by atoms with Gasteiger partial charge in [-0.05, 0) is 29.4 Å². The summed E-state index contributed by atoms with van der Waals surface area (Å²) in [6.45, 7) is 0. The van der Waals surface area contributed by atoms with Gasteiger partial charge in [-0.2, -0.15) is 0 Å². The third-order valence-electron chi connectivity index (χ3n) is 0.159. The average Bonchev–Trinajstić information content (AvgIpc) is 1.61. The van der Waals surface area contributed by atoms with E-state index in [0.717, 1.165) is 0 Å². The van der Waals surface area contributed by atoms with Crippen LogP contribution in [0.15, 0.2) is 0 Å². The minimum Gasteiger partial charge on any atom is -0.236 e. The molecule has 0 bridgehead atoms. The highest BCUT2D eigenvalue weighted by Gasteiger charge is 1.76. The highest BCUT2D eigenvalue weighted by Crippen LogP contribution is 2.10. The van der Waals surface area contributed by atoms with Crippen molar-refractivity contribution in [3.05, 3.63) is 0 Å². The molecule has 7 heavy (non-hydrogen) atoms. The molecule has 0 amide bonds. The molecule has 0 unspecified atom stereocenters. The lowest BCUT2D eigenvalue weighted by atomic mass is 12.0. The lowest BCUT2D eigenvalue weighted by molar-refractivity contribution is 0.777. The van der Waals surface area contributed by atoms with Gasteiger partial charge in [-0.25, -0.2) is 3.63 Å². The van der Waals surface area contributed by atoms with Gasteiger partial charge in [0.25, 0.3) is 0 Å². The Morgan fingerprint density at radius 2 is 2.14 bits per heavy atom. The maximum atomic E-state index is 4.75. The second-order valence-electron chi connectivity index (χ2n) is 0.533. The summed E-state index contributed by atoms with van der Waals surface area (Å²) in [7, 11) is -0.766. The van der Waals surface area contributed by atoms with E-state index < -0.39 is 7.05 Å². The molecule has 6 heteroatoms. The van der Waals surface area contributed by atoms with E-state index in [1.807, 2.05) is 6.26 Å². The SMILES string of the molecule is CSOS[SH](=S)=S. The number of hydrogen-bond acceptors (Lipinski definition) is 5. The van der Waals surface area contributed by atoms with Crippen LogP contribution in [0.1, 0.15) is 0 Å². The Bertz CT molecular complexity index is 86.3. The van der Waals surface area contributed by atoms with Crippen LogP contribution in [0, 0.1) is 0 Å². The van der Waals surface area contributed by atoms with Crippen molar-refractivity contribution >= 4 is 52.5 Å². The van der Waals surface area contributed by atoms with Crippen molar-refractivity contribution in [1.82, 2.24) is 0 Å². The Morgan fingerprint density at radius 3 is 2.29 bits per heavy atom. The zero-order valence-electron chi connectivity index (χ0n) is 3.49. The first-order chi connectivity index (χ1) is 3.27. The molecule has 0 aliphatic carbocycles. The molecule has 0 fully saturated rings. The van der Waals surface area contributed by atoms with Gasteiger partial charge in [0.2, 0.25) is 0 Å². The summed E-state index contributed by atoms with van der Waals surface area (Å²) < 4.78 is 4.75. The van der Waals surface area contributed by atoms with Gasteiger partial charge < -0.3 is 0 Å². The fraction of sp³-hybridized carbons (Fsp3) is 1.00. The van der Waals surface area contributed by atoms with E-state index in [1.165, 1.54) is 23.1 Å². The molecule has 0 N–H and O–H groups in total. The quantitative estimate of drug-likeness (QED) is 0.406. The van der Waals surface area contributed by atoms with Gasteiger partial charge in [-0.3, -0.25) is 0 Å². The van der Waals surface area contributed by atoms with Crippen molar-refractivity contribution in [3.8, 4) is 0 Å². The molecule has 0 aromatic rings. The summed E-state index contributed by atoms with van der Waals surface area (Å²) in [5, 5.41) is 0. The molecular weight excluding hydrogens is 188 g/mol. The van der Waals surface area contributed by atoms with E-state index in [0.29, 0.717) is 0 Å². The van der Waals surface area contributed by atoms with Crippen molar-refractivity contribution < 1.29 is 3.63 Å². The first-order valence-corrected chi connectivity index (χ1v) is 7.15. The molecule has 0 spiro atoms. The third kappa shape index (κ3) is 7.45. The number of rotatable bonds is 3. The Kier molecular flexibility index (Phi) is 6.74. The van der Waals surface area contributed by atoms with Gasteiger partial charge >= 0.3 is 0 Å². The summed E-state index contributed by atoms with van der Waals surface area (Å²) in [4.78, 5) is 0. The van der Waals surface area contributed by atoms with Crippen molar-refractivity contribution in [2.24, 2.45) is 0 Å². The minimum atomic E-state index is -0.766. The zero-order chi connectivity index (χ0) is 5.70. The van der Waals surface area contributed by atoms with Crippen LogP contribution in [0.3, 0.4) is 0 Å². The van der Waals surface area contributed by atoms with Crippen LogP contribution in [0.25, 0.3) is 0 Å². The largest absolute Gasteiger partial charge is 0.236 e. The maximum Gasteiger partial charge on any atom is 0.0827 e. The number of thiol groups is 1. The molecule has 0 saturated carbocycles. The van der Waals surface area contributed by atoms with Gasteiger partial charge in [0, 0.05) is 18.3 Å². The molecule has 0 heterocycles. The Labute approximate surface area is 62.2 Å². The lowest BCUT2D eigenvalue weighted by Crippen LogP contribution is -1.58. The predicted molar refractivity (Wildman–Crippen MR) is 45.7 cm³/mol. The molecular formula is CH4OS5. The van der Waals surface area contributed by atoms with Crippen molar-refractivity contribution in [2.45, 2.75) is 0 Å². The standard InChI is InChI=1S/CH4OS5/c1-5-2-6-7(3)4/h7H,1H3. The van der Waals surface area contributed by atoms with Crippen molar-refractivity contribution in [3.63, 3.8) is 0 Å². The van der Waals surface area contributed by atoms with Gasteiger partial charge in [0.05, 0.1) is 11.1 Å². The lowest BCUT2D eigenvalue weighted by Gasteiger charge is -1.85. The molecule has 1 nitrogen and oxygen atoms in total. The van der Waals surface area contributed by atoms with Crippen molar-refractivity contribution in [2.75, 3.05) is 6.26 Å². The second kappa shape index (κ2) is 5.58. The first kappa shape index (κ1) is 8.45. The van der Waals surface area contributed by atoms with E-state index in [4.69, 9.17) is 3.63 Å². The summed E-state index contributed by atoms with van der Waals surface area (Å²) in [5.41, 5.74) is 0. The van der Waals surface area contributed by atoms with Crippen LogP contribution in [0.5, 0.6) is 0 Å². The monoisotopic (exact) mass is 192 g/mol. The molecule has 0 aliphatic heterocycles. The van der Waals surface area contributed by atoms with Crippen LogP contribution >= 0.6 is 23.1 Å². The first-order valence-electron chi connectivity index (χ1n) is 1.29. The predicted octanol–water partition coefficient (Wildman–Crippen LogP) is 1.12. The summed E-state index contributed by atoms with van der Waals surface area (Å²) >= 11 is 11.8. The molecule has 0 aromatic carbocycles. The number of hydrogen-bond donors (Lipinski definition) is 1. The fourth-order valence-corrected chi connectivity index (χ4v) is 2.83. The van der Waals surface area contributed by atoms with Crippen LogP contribution < -0.4 is 0 Å².